The Hall–Kier alpha value is -2.98. The van der Waals surface area contributed by atoms with Crippen LogP contribution >= 0.6 is 15.9 Å². The summed E-state index contributed by atoms with van der Waals surface area (Å²) in [4.78, 5) is 22.6. The first-order chi connectivity index (χ1) is 15.2. The van der Waals surface area contributed by atoms with Crippen LogP contribution in [0.25, 0.3) is 0 Å². The molecule has 2 aromatic carbocycles. The Bertz CT molecular complexity index is 1310. The summed E-state index contributed by atoms with van der Waals surface area (Å²) < 4.78 is 26.1. The van der Waals surface area contributed by atoms with Gasteiger partial charge in [-0.1, -0.05) is 12.1 Å². The van der Waals surface area contributed by atoms with Crippen LogP contribution in [-0.4, -0.2) is 36.6 Å². The second-order valence-corrected chi connectivity index (χ2v) is 11.0. The maximum atomic E-state index is 12.8. The summed E-state index contributed by atoms with van der Waals surface area (Å²) in [5.74, 6) is 0.807. The number of anilines is 5. The van der Waals surface area contributed by atoms with Gasteiger partial charge >= 0.3 is 0 Å². The predicted molar refractivity (Wildman–Crippen MR) is 129 cm³/mol. The van der Waals surface area contributed by atoms with Crippen LogP contribution in [0.3, 0.4) is 0 Å². The fourth-order valence-corrected chi connectivity index (χ4v) is 4.88. The van der Waals surface area contributed by atoms with Crippen LogP contribution in [0.5, 0.6) is 0 Å². The van der Waals surface area contributed by atoms with Crippen molar-refractivity contribution in [3.05, 3.63) is 58.7 Å². The van der Waals surface area contributed by atoms with Gasteiger partial charge in [0, 0.05) is 24.6 Å². The van der Waals surface area contributed by atoms with Crippen LogP contribution in [0.2, 0.25) is 0 Å². The molecule has 3 aromatic rings. The molecular formula is C22H22BrN5O3S. The molecule has 0 saturated heterocycles. The number of fused-ring (bicyclic) bond motifs is 1. The van der Waals surface area contributed by atoms with Crippen LogP contribution < -0.4 is 15.5 Å². The number of hydrogen-bond donors (Lipinski definition) is 2. The molecule has 0 unspecified atom stereocenters. The van der Waals surface area contributed by atoms with E-state index in [9.17, 15) is 13.2 Å². The van der Waals surface area contributed by atoms with Crippen LogP contribution in [0.4, 0.5) is 28.8 Å². The van der Waals surface area contributed by atoms with E-state index in [0.29, 0.717) is 28.3 Å². The Morgan fingerprint density at radius 1 is 1.12 bits per heavy atom. The Balaban J connectivity index is 1.62. The summed E-state index contributed by atoms with van der Waals surface area (Å²) in [7, 11) is -1.72. The number of para-hydroxylation sites is 1. The Kier molecular flexibility index (Phi) is 5.91. The fraction of sp³-hybridized carbons (Fsp3) is 0.227. The summed E-state index contributed by atoms with van der Waals surface area (Å²) in [6.45, 7) is 3.30. The van der Waals surface area contributed by atoms with Crippen LogP contribution in [0.15, 0.2) is 58.0 Å². The summed E-state index contributed by atoms with van der Waals surface area (Å²) in [5.41, 5.74) is 3.02. The van der Waals surface area contributed by atoms with Crippen molar-refractivity contribution in [2.75, 3.05) is 22.6 Å². The van der Waals surface area contributed by atoms with Crippen molar-refractivity contribution in [3.8, 4) is 0 Å². The van der Waals surface area contributed by atoms with Crippen LogP contribution in [-0.2, 0) is 21.1 Å². The largest absolute Gasteiger partial charge is 0.338 e. The van der Waals surface area contributed by atoms with E-state index >= 15 is 0 Å². The molecule has 1 amide bonds. The van der Waals surface area contributed by atoms with Crippen molar-refractivity contribution in [3.63, 3.8) is 0 Å². The van der Waals surface area contributed by atoms with Gasteiger partial charge in [0.05, 0.1) is 26.7 Å². The third-order valence-electron chi connectivity index (χ3n) is 5.22. The van der Waals surface area contributed by atoms with E-state index in [4.69, 9.17) is 0 Å². The van der Waals surface area contributed by atoms with Gasteiger partial charge in [0.2, 0.25) is 11.9 Å². The van der Waals surface area contributed by atoms with Crippen LogP contribution in [0.1, 0.15) is 19.4 Å². The number of benzene rings is 2. The standard InChI is InChI=1S/C22H22BrN5O3S/c1-13(2)32(30,31)19-7-5-4-6-17(19)26-21-16(23)12-24-22(27-21)25-15-8-9-18-14(10-15)11-20(29)28(18)3/h4-10,12-13H,11H2,1-3H3,(H2,24,25,26,27). The maximum Gasteiger partial charge on any atom is 0.231 e. The summed E-state index contributed by atoms with van der Waals surface area (Å²) >= 11 is 3.42. The highest BCUT2D eigenvalue weighted by molar-refractivity contribution is 9.10. The number of rotatable bonds is 6. The van der Waals surface area contributed by atoms with Gasteiger partial charge < -0.3 is 15.5 Å². The second-order valence-electron chi connectivity index (χ2n) is 7.70. The minimum Gasteiger partial charge on any atom is -0.338 e. The molecule has 2 heterocycles. The highest BCUT2D eigenvalue weighted by Gasteiger charge is 2.25. The first-order valence-corrected chi connectivity index (χ1v) is 12.3. The van der Waals surface area contributed by atoms with E-state index < -0.39 is 15.1 Å². The zero-order valence-electron chi connectivity index (χ0n) is 17.8. The summed E-state index contributed by atoms with van der Waals surface area (Å²) in [6.07, 6.45) is 1.94. The number of sulfone groups is 1. The van der Waals surface area contributed by atoms with Gasteiger partial charge in [0.25, 0.3) is 0 Å². The van der Waals surface area contributed by atoms with Gasteiger partial charge in [-0.2, -0.15) is 4.98 Å². The summed E-state index contributed by atoms with van der Waals surface area (Å²) in [5, 5.41) is 5.71. The average molecular weight is 516 g/mol. The number of likely N-dealkylation sites (N-methyl/N-ethyl adjacent to an activating group) is 1. The zero-order valence-corrected chi connectivity index (χ0v) is 20.2. The number of aromatic nitrogens is 2. The number of nitrogens with zero attached hydrogens (tertiary/aromatic N) is 3. The van der Waals surface area contributed by atoms with E-state index in [1.165, 1.54) is 0 Å². The molecule has 0 radical (unpaired) electrons. The van der Waals surface area contributed by atoms with E-state index in [-0.39, 0.29) is 10.8 Å². The van der Waals surface area contributed by atoms with E-state index in [1.54, 1.807) is 56.3 Å². The molecule has 0 spiro atoms. The smallest absolute Gasteiger partial charge is 0.231 e. The molecule has 166 valence electrons. The lowest BCUT2D eigenvalue weighted by molar-refractivity contribution is -0.117. The number of amides is 1. The minimum atomic E-state index is -3.48. The third-order valence-corrected chi connectivity index (χ3v) is 8.01. The number of carbonyl (C=O) groups is 1. The van der Waals surface area contributed by atoms with Gasteiger partial charge in [0.15, 0.2) is 9.84 Å². The first kappa shape index (κ1) is 22.2. The molecule has 0 saturated carbocycles. The molecule has 2 N–H and O–H groups in total. The predicted octanol–water partition coefficient (Wildman–Crippen LogP) is 4.43. The van der Waals surface area contributed by atoms with Crippen molar-refractivity contribution in [2.24, 2.45) is 0 Å². The van der Waals surface area contributed by atoms with E-state index in [2.05, 4.69) is 36.5 Å². The monoisotopic (exact) mass is 515 g/mol. The Morgan fingerprint density at radius 3 is 2.62 bits per heavy atom. The van der Waals surface area contributed by atoms with Crippen molar-refractivity contribution in [2.45, 2.75) is 30.4 Å². The quantitative estimate of drug-likeness (QED) is 0.500. The van der Waals surface area contributed by atoms with Gasteiger partial charge in [-0.15, -0.1) is 0 Å². The van der Waals surface area contributed by atoms with Crippen LogP contribution in [0, 0.1) is 0 Å². The normalized spacial score (nSPS) is 13.4. The zero-order chi connectivity index (χ0) is 23.0. The maximum absolute atomic E-state index is 12.8. The molecule has 32 heavy (non-hydrogen) atoms. The minimum absolute atomic E-state index is 0.0542. The molecule has 0 aliphatic carbocycles. The second kappa shape index (κ2) is 8.51. The number of carbonyl (C=O) groups excluding carboxylic acids is 1. The highest BCUT2D eigenvalue weighted by atomic mass is 79.9. The van der Waals surface area contributed by atoms with Crippen molar-refractivity contribution >= 4 is 60.5 Å². The Morgan fingerprint density at radius 2 is 1.88 bits per heavy atom. The third kappa shape index (κ3) is 4.20. The molecule has 0 bridgehead atoms. The lowest BCUT2D eigenvalue weighted by Gasteiger charge is -2.15. The summed E-state index contributed by atoms with van der Waals surface area (Å²) in [6, 6.07) is 12.4. The number of halogens is 1. The average Bonchev–Trinajstić information content (AvgIpc) is 3.03. The molecule has 0 fully saturated rings. The van der Waals surface area contributed by atoms with Crippen molar-refractivity contribution in [1.29, 1.82) is 0 Å². The first-order valence-electron chi connectivity index (χ1n) is 9.96. The lowest BCUT2D eigenvalue weighted by atomic mass is 10.1. The fourth-order valence-electron chi connectivity index (χ4n) is 3.39. The topological polar surface area (TPSA) is 104 Å². The molecule has 0 atom stereocenters. The molecule has 8 nitrogen and oxygen atoms in total. The van der Waals surface area contributed by atoms with Crippen molar-refractivity contribution < 1.29 is 13.2 Å². The SMILES string of the molecule is CC(C)S(=O)(=O)c1ccccc1Nc1nc(Nc2ccc3c(c2)CC(=O)N3C)ncc1Br. The number of hydrogen-bond acceptors (Lipinski definition) is 7. The molecular weight excluding hydrogens is 494 g/mol. The van der Waals surface area contributed by atoms with Gasteiger partial charge in [-0.25, -0.2) is 13.4 Å². The number of nitrogens with one attached hydrogen (secondary N) is 2. The van der Waals surface area contributed by atoms with E-state index in [0.717, 1.165) is 16.9 Å². The molecule has 1 aliphatic rings. The van der Waals surface area contributed by atoms with Gasteiger partial charge in [0.1, 0.15) is 5.82 Å². The molecule has 1 aromatic heterocycles. The highest BCUT2D eigenvalue weighted by Crippen LogP contribution is 2.32. The lowest BCUT2D eigenvalue weighted by Crippen LogP contribution is -2.20. The van der Waals surface area contributed by atoms with Gasteiger partial charge in [-0.3, -0.25) is 4.79 Å². The Labute approximate surface area is 195 Å². The molecule has 1 aliphatic heterocycles. The van der Waals surface area contributed by atoms with E-state index in [1.807, 2.05) is 18.2 Å². The molecule has 10 heteroatoms. The molecule has 4 rings (SSSR count). The van der Waals surface area contributed by atoms with Gasteiger partial charge in [-0.05, 0) is 65.7 Å². The van der Waals surface area contributed by atoms with Crippen molar-refractivity contribution in [1.82, 2.24) is 9.97 Å².